The van der Waals surface area contributed by atoms with Crippen molar-refractivity contribution in [1.29, 1.82) is 0 Å². The maximum Gasteiger partial charge on any atom is 0.261 e. The van der Waals surface area contributed by atoms with Crippen molar-refractivity contribution < 1.29 is 4.79 Å². The highest BCUT2D eigenvalue weighted by molar-refractivity contribution is 7.12. The first-order chi connectivity index (χ1) is 7.59. The molecular formula is C12H12N2OS. The van der Waals surface area contributed by atoms with Gasteiger partial charge in [-0.3, -0.25) is 4.79 Å². The van der Waals surface area contributed by atoms with E-state index in [9.17, 15) is 4.79 Å². The van der Waals surface area contributed by atoms with Gasteiger partial charge in [0.15, 0.2) is 0 Å². The van der Waals surface area contributed by atoms with Gasteiger partial charge in [0.05, 0.1) is 11.2 Å². The Balaban J connectivity index is 2.62. The Morgan fingerprint density at radius 2 is 2.12 bits per heavy atom. The lowest BCUT2D eigenvalue weighted by Gasteiger charge is -2.05. The lowest BCUT2D eigenvalue weighted by molar-refractivity contribution is 0.100. The van der Waals surface area contributed by atoms with Crippen molar-refractivity contribution >= 4 is 17.2 Å². The number of primary amides is 1. The molecule has 2 rings (SSSR count). The molecule has 0 saturated carbocycles. The monoisotopic (exact) mass is 232 g/mol. The molecule has 16 heavy (non-hydrogen) atoms. The first-order valence-corrected chi connectivity index (χ1v) is 5.78. The van der Waals surface area contributed by atoms with E-state index in [1.54, 1.807) is 5.51 Å². The summed E-state index contributed by atoms with van der Waals surface area (Å²) in [4.78, 5) is 16.0. The molecule has 3 nitrogen and oxygen atoms in total. The number of aryl methyl sites for hydroxylation is 2. The molecule has 0 fully saturated rings. The number of nitrogens with two attached hydrogens (primary N) is 1. The number of carbonyl (C=O) groups excluding carboxylic acids is 1. The number of hydrogen-bond donors (Lipinski definition) is 1. The van der Waals surface area contributed by atoms with Gasteiger partial charge in [-0.15, -0.1) is 11.3 Å². The van der Waals surface area contributed by atoms with Crippen LogP contribution >= 0.6 is 11.3 Å². The number of nitrogens with zero attached hydrogens (tertiary/aromatic N) is 1. The molecule has 0 radical (unpaired) electrons. The van der Waals surface area contributed by atoms with Crippen LogP contribution in [-0.2, 0) is 0 Å². The SMILES string of the molecule is Cc1ccc(C)c(-c2ncsc2C(N)=O)c1. The fourth-order valence-corrected chi connectivity index (χ4v) is 2.26. The van der Waals surface area contributed by atoms with Crippen molar-refractivity contribution in [2.75, 3.05) is 0 Å². The van der Waals surface area contributed by atoms with Crippen LogP contribution in [0.2, 0.25) is 0 Å². The third-order valence-corrected chi connectivity index (χ3v) is 3.28. The molecule has 1 aromatic carbocycles. The molecule has 4 heteroatoms. The van der Waals surface area contributed by atoms with Crippen molar-refractivity contribution in [3.05, 3.63) is 39.7 Å². The molecule has 1 amide bonds. The molecule has 1 aromatic heterocycles. The van der Waals surface area contributed by atoms with Gasteiger partial charge in [-0.2, -0.15) is 0 Å². The van der Waals surface area contributed by atoms with E-state index >= 15 is 0 Å². The predicted molar refractivity (Wildman–Crippen MR) is 65.5 cm³/mol. The average molecular weight is 232 g/mol. The standard InChI is InChI=1S/C12H12N2OS/c1-7-3-4-8(2)9(5-7)10-11(12(13)15)16-6-14-10/h3-6H,1-2H3,(H2,13,15). The maximum absolute atomic E-state index is 11.2. The van der Waals surface area contributed by atoms with E-state index in [2.05, 4.69) is 4.98 Å². The number of carbonyl (C=O) groups is 1. The normalized spacial score (nSPS) is 10.4. The molecular weight excluding hydrogens is 220 g/mol. The lowest BCUT2D eigenvalue weighted by Crippen LogP contribution is -2.10. The Morgan fingerprint density at radius 1 is 1.38 bits per heavy atom. The fraction of sp³-hybridized carbons (Fsp3) is 0.167. The Labute approximate surface area is 97.9 Å². The van der Waals surface area contributed by atoms with Gasteiger partial charge in [-0.1, -0.05) is 17.7 Å². The zero-order chi connectivity index (χ0) is 11.7. The first kappa shape index (κ1) is 10.8. The molecule has 1 heterocycles. The molecule has 0 aliphatic heterocycles. The number of rotatable bonds is 2. The second-order valence-electron chi connectivity index (χ2n) is 3.71. The summed E-state index contributed by atoms with van der Waals surface area (Å²) in [5.41, 5.74) is 10.9. The number of thiazole rings is 1. The van der Waals surface area contributed by atoms with Gasteiger partial charge in [0.2, 0.25) is 0 Å². The van der Waals surface area contributed by atoms with E-state index in [1.165, 1.54) is 11.3 Å². The molecule has 0 aliphatic rings. The highest BCUT2D eigenvalue weighted by Gasteiger charge is 2.14. The van der Waals surface area contributed by atoms with Gasteiger partial charge in [-0.25, -0.2) is 4.98 Å². The van der Waals surface area contributed by atoms with Crippen molar-refractivity contribution in [1.82, 2.24) is 4.98 Å². The third-order valence-electron chi connectivity index (χ3n) is 2.44. The highest BCUT2D eigenvalue weighted by Crippen LogP contribution is 2.28. The first-order valence-electron chi connectivity index (χ1n) is 4.90. The van der Waals surface area contributed by atoms with Crippen LogP contribution in [0.25, 0.3) is 11.3 Å². The van der Waals surface area contributed by atoms with Crippen LogP contribution in [0.4, 0.5) is 0 Å². The highest BCUT2D eigenvalue weighted by atomic mass is 32.1. The minimum atomic E-state index is -0.418. The van der Waals surface area contributed by atoms with Crippen LogP contribution < -0.4 is 5.73 Å². The molecule has 0 saturated heterocycles. The van der Waals surface area contributed by atoms with E-state index in [0.717, 1.165) is 16.7 Å². The number of amides is 1. The van der Waals surface area contributed by atoms with Gasteiger partial charge in [0, 0.05) is 5.56 Å². The molecule has 2 N–H and O–H groups in total. The summed E-state index contributed by atoms with van der Waals surface area (Å²) < 4.78 is 0. The summed E-state index contributed by atoms with van der Waals surface area (Å²) in [5, 5.41) is 0. The summed E-state index contributed by atoms with van der Waals surface area (Å²) in [6, 6.07) is 6.08. The fourth-order valence-electron chi connectivity index (χ4n) is 1.60. The van der Waals surface area contributed by atoms with Crippen molar-refractivity contribution in [3.63, 3.8) is 0 Å². The van der Waals surface area contributed by atoms with Crippen molar-refractivity contribution in [3.8, 4) is 11.3 Å². The van der Waals surface area contributed by atoms with Crippen LogP contribution in [0.3, 0.4) is 0 Å². The smallest absolute Gasteiger partial charge is 0.261 e. The molecule has 0 unspecified atom stereocenters. The van der Waals surface area contributed by atoms with E-state index in [-0.39, 0.29) is 0 Å². The van der Waals surface area contributed by atoms with Crippen LogP contribution in [-0.4, -0.2) is 10.9 Å². The Hall–Kier alpha value is -1.68. The number of benzene rings is 1. The molecule has 82 valence electrons. The largest absolute Gasteiger partial charge is 0.365 e. The maximum atomic E-state index is 11.2. The van der Waals surface area contributed by atoms with Gasteiger partial charge < -0.3 is 5.73 Å². The summed E-state index contributed by atoms with van der Waals surface area (Å²) in [7, 11) is 0. The molecule has 2 aromatic rings. The van der Waals surface area contributed by atoms with E-state index in [4.69, 9.17) is 5.73 Å². The van der Waals surface area contributed by atoms with Crippen LogP contribution in [0.1, 0.15) is 20.8 Å². The van der Waals surface area contributed by atoms with Crippen LogP contribution in [0, 0.1) is 13.8 Å². The molecule has 0 aliphatic carbocycles. The van der Waals surface area contributed by atoms with Crippen LogP contribution in [0.5, 0.6) is 0 Å². The minimum Gasteiger partial charge on any atom is -0.365 e. The summed E-state index contributed by atoms with van der Waals surface area (Å²) in [6.07, 6.45) is 0. The topological polar surface area (TPSA) is 56.0 Å². The zero-order valence-electron chi connectivity index (χ0n) is 9.15. The van der Waals surface area contributed by atoms with Crippen molar-refractivity contribution in [2.24, 2.45) is 5.73 Å². The Bertz CT molecular complexity index is 546. The number of hydrogen-bond acceptors (Lipinski definition) is 3. The Morgan fingerprint density at radius 3 is 2.81 bits per heavy atom. The second-order valence-corrected chi connectivity index (χ2v) is 4.57. The van der Waals surface area contributed by atoms with E-state index in [0.29, 0.717) is 10.6 Å². The van der Waals surface area contributed by atoms with E-state index < -0.39 is 5.91 Å². The second kappa shape index (κ2) is 4.06. The average Bonchev–Trinajstić information content (AvgIpc) is 2.70. The quantitative estimate of drug-likeness (QED) is 0.865. The number of aromatic nitrogens is 1. The molecule has 0 spiro atoms. The van der Waals surface area contributed by atoms with E-state index in [1.807, 2.05) is 32.0 Å². The summed E-state index contributed by atoms with van der Waals surface area (Å²) in [5.74, 6) is -0.418. The van der Waals surface area contributed by atoms with Gasteiger partial charge in [-0.05, 0) is 25.5 Å². The zero-order valence-corrected chi connectivity index (χ0v) is 9.97. The molecule has 0 bridgehead atoms. The minimum absolute atomic E-state index is 0.418. The van der Waals surface area contributed by atoms with Crippen molar-refractivity contribution in [2.45, 2.75) is 13.8 Å². The predicted octanol–water partition coefficient (Wildman–Crippen LogP) is 2.53. The summed E-state index contributed by atoms with van der Waals surface area (Å²) in [6.45, 7) is 4.01. The van der Waals surface area contributed by atoms with Gasteiger partial charge >= 0.3 is 0 Å². The lowest BCUT2D eigenvalue weighted by atomic mass is 10.0. The summed E-state index contributed by atoms with van der Waals surface area (Å²) >= 11 is 1.28. The third kappa shape index (κ3) is 1.84. The Kier molecular flexibility index (Phi) is 2.75. The van der Waals surface area contributed by atoms with Crippen LogP contribution in [0.15, 0.2) is 23.7 Å². The van der Waals surface area contributed by atoms with Gasteiger partial charge in [0.25, 0.3) is 5.91 Å². The molecule has 0 atom stereocenters. The van der Waals surface area contributed by atoms with Gasteiger partial charge in [0.1, 0.15) is 4.88 Å².